The molecule has 0 spiro atoms. The number of aromatic nitrogens is 3. The van der Waals surface area contributed by atoms with Crippen LogP contribution in [-0.4, -0.2) is 56.9 Å². The van der Waals surface area contributed by atoms with Gasteiger partial charge in [0.2, 0.25) is 0 Å². The Balaban J connectivity index is 1.83. The van der Waals surface area contributed by atoms with Gasteiger partial charge in [-0.3, -0.25) is 14.7 Å². The van der Waals surface area contributed by atoms with Crippen molar-refractivity contribution in [2.75, 3.05) is 26.3 Å². The lowest BCUT2D eigenvalue weighted by Crippen LogP contribution is -2.36. The molecule has 0 bridgehead atoms. The van der Waals surface area contributed by atoms with Crippen LogP contribution >= 0.6 is 15.9 Å². The van der Waals surface area contributed by atoms with Gasteiger partial charge in [-0.15, -0.1) is 0 Å². The van der Waals surface area contributed by atoms with Gasteiger partial charge in [0.25, 0.3) is 0 Å². The molecule has 170 valence electrons. The lowest BCUT2D eigenvalue weighted by atomic mass is 9.95. The summed E-state index contributed by atoms with van der Waals surface area (Å²) >= 11 is 3.57. The predicted octanol–water partition coefficient (Wildman–Crippen LogP) is 4.35. The number of carbonyl (C=O) groups is 1. The summed E-state index contributed by atoms with van der Waals surface area (Å²) in [6, 6.07) is 6.38. The van der Waals surface area contributed by atoms with Gasteiger partial charge in [-0.2, -0.15) is 5.10 Å². The number of aliphatic carboxylic acids is 1. The molecule has 7 nitrogen and oxygen atoms in total. The molecule has 8 heteroatoms. The van der Waals surface area contributed by atoms with Crippen LogP contribution in [0, 0.1) is 0 Å². The van der Waals surface area contributed by atoms with Crippen molar-refractivity contribution >= 4 is 27.4 Å². The highest BCUT2D eigenvalue weighted by atomic mass is 79.9. The van der Waals surface area contributed by atoms with Crippen molar-refractivity contribution in [2.24, 2.45) is 0 Å². The first-order chi connectivity index (χ1) is 15.6. The van der Waals surface area contributed by atoms with Gasteiger partial charge in [0.05, 0.1) is 24.4 Å². The summed E-state index contributed by atoms with van der Waals surface area (Å²) in [5.41, 5.74) is 6.67. The molecule has 1 fully saturated rings. The zero-order chi connectivity index (χ0) is 22.5. The fourth-order valence-electron chi connectivity index (χ4n) is 4.34. The van der Waals surface area contributed by atoms with Crippen molar-refractivity contribution in [3.63, 3.8) is 0 Å². The van der Waals surface area contributed by atoms with Crippen LogP contribution in [0.3, 0.4) is 0 Å². The first kappa shape index (κ1) is 22.9. The van der Waals surface area contributed by atoms with Crippen molar-refractivity contribution in [3.05, 3.63) is 52.0 Å². The maximum Gasteiger partial charge on any atom is 0.303 e. The Hall–Kier alpha value is -2.29. The minimum absolute atomic E-state index is 0.188. The van der Waals surface area contributed by atoms with Gasteiger partial charge in [0, 0.05) is 59.7 Å². The van der Waals surface area contributed by atoms with E-state index < -0.39 is 5.97 Å². The van der Waals surface area contributed by atoms with Crippen LogP contribution in [0.2, 0.25) is 0 Å². The minimum Gasteiger partial charge on any atom is -0.481 e. The first-order valence-electron chi connectivity index (χ1n) is 11.2. The average Bonchev–Trinajstić information content (AvgIpc) is 3.19. The fourth-order valence-corrected chi connectivity index (χ4v) is 4.71. The Morgan fingerprint density at radius 2 is 2.03 bits per heavy atom. The SMILES string of the molecule is CCc1ccc2c(-c3cncc(Br)c3)c(CCCCC(=O)O)c(CN3CCOCC3)nn12. The number of hydrogen-bond donors (Lipinski definition) is 1. The number of nitrogens with zero attached hydrogens (tertiary/aromatic N) is 4. The second-order valence-electron chi connectivity index (χ2n) is 8.16. The molecule has 4 rings (SSSR count). The van der Waals surface area contributed by atoms with Gasteiger partial charge >= 0.3 is 5.97 Å². The number of morpholine rings is 1. The van der Waals surface area contributed by atoms with Crippen molar-refractivity contribution in [1.29, 1.82) is 0 Å². The highest BCUT2D eigenvalue weighted by Crippen LogP contribution is 2.34. The highest BCUT2D eigenvalue weighted by Gasteiger charge is 2.21. The molecule has 0 atom stereocenters. The molecular weight excluding hydrogens is 472 g/mol. The molecule has 32 heavy (non-hydrogen) atoms. The molecule has 1 aliphatic heterocycles. The molecular formula is C24H29BrN4O3. The van der Waals surface area contributed by atoms with Gasteiger partial charge in [-0.1, -0.05) is 6.92 Å². The van der Waals surface area contributed by atoms with E-state index in [-0.39, 0.29) is 6.42 Å². The molecule has 0 radical (unpaired) electrons. The van der Waals surface area contributed by atoms with E-state index in [1.165, 1.54) is 11.3 Å². The number of pyridine rings is 1. The summed E-state index contributed by atoms with van der Waals surface area (Å²) < 4.78 is 8.54. The van der Waals surface area contributed by atoms with E-state index in [1.54, 1.807) is 6.20 Å². The number of ether oxygens (including phenoxy) is 1. The Morgan fingerprint density at radius 1 is 1.22 bits per heavy atom. The summed E-state index contributed by atoms with van der Waals surface area (Å²) in [7, 11) is 0. The number of carboxylic acid groups (broad SMARTS) is 1. The van der Waals surface area contributed by atoms with Crippen LogP contribution in [0.25, 0.3) is 16.6 Å². The van der Waals surface area contributed by atoms with Gasteiger partial charge in [0.15, 0.2) is 0 Å². The zero-order valence-electron chi connectivity index (χ0n) is 18.4. The number of unbranched alkanes of at least 4 members (excludes halogenated alkanes) is 1. The maximum atomic E-state index is 11.0. The van der Waals surface area contributed by atoms with Crippen molar-refractivity contribution in [1.82, 2.24) is 19.5 Å². The zero-order valence-corrected chi connectivity index (χ0v) is 20.0. The highest BCUT2D eigenvalue weighted by molar-refractivity contribution is 9.10. The number of halogens is 1. The van der Waals surface area contributed by atoms with E-state index >= 15 is 0 Å². The average molecular weight is 501 g/mol. The molecule has 0 aliphatic carbocycles. The lowest BCUT2D eigenvalue weighted by molar-refractivity contribution is -0.137. The quantitative estimate of drug-likeness (QED) is 0.440. The van der Waals surface area contributed by atoms with E-state index in [0.29, 0.717) is 6.42 Å². The van der Waals surface area contributed by atoms with Gasteiger partial charge in [0.1, 0.15) is 0 Å². The van der Waals surface area contributed by atoms with E-state index in [2.05, 4.69) is 55.5 Å². The van der Waals surface area contributed by atoms with Crippen LogP contribution in [0.15, 0.2) is 35.1 Å². The third-order valence-electron chi connectivity index (χ3n) is 5.96. The van der Waals surface area contributed by atoms with E-state index in [0.717, 1.165) is 78.9 Å². The molecule has 0 saturated carbocycles. The smallest absolute Gasteiger partial charge is 0.303 e. The fraction of sp³-hybridized carbons (Fsp3) is 0.458. The lowest BCUT2D eigenvalue weighted by Gasteiger charge is -2.28. The Kier molecular flexibility index (Phi) is 7.55. The molecule has 3 aromatic rings. The van der Waals surface area contributed by atoms with E-state index in [1.807, 2.05) is 6.20 Å². The van der Waals surface area contributed by atoms with Crippen LogP contribution in [-0.2, 0) is 28.9 Å². The van der Waals surface area contributed by atoms with Crippen LogP contribution in [0.5, 0.6) is 0 Å². The number of aryl methyl sites for hydroxylation is 1. The Labute approximate surface area is 196 Å². The predicted molar refractivity (Wildman–Crippen MR) is 127 cm³/mol. The Morgan fingerprint density at radius 3 is 2.75 bits per heavy atom. The van der Waals surface area contributed by atoms with E-state index in [4.69, 9.17) is 14.9 Å². The summed E-state index contributed by atoms with van der Waals surface area (Å²) in [5, 5.41) is 14.2. The third-order valence-corrected chi connectivity index (χ3v) is 6.39. The number of carboxylic acids is 1. The first-order valence-corrected chi connectivity index (χ1v) is 12.0. The van der Waals surface area contributed by atoms with Crippen LogP contribution in [0.4, 0.5) is 0 Å². The summed E-state index contributed by atoms with van der Waals surface area (Å²) in [6.45, 7) is 6.15. The summed E-state index contributed by atoms with van der Waals surface area (Å²) in [6.07, 6.45) is 7.01. The molecule has 0 amide bonds. The third kappa shape index (κ3) is 5.19. The minimum atomic E-state index is -0.747. The van der Waals surface area contributed by atoms with Gasteiger partial charge in [-0.05, 0) is 65.4 Å². The number of rotatable bonds is 9. The molecule has 4 heterocycles. The van der Waals surface area contributed by atoms with Crippen LogP contribution in [0.1, 0.15) is 43.1 Å². The molecule has 1 N–H and O–H groups in total. The van der Waals surface area contributed by atoms with Gasteiger partial charge < -0.3 is 9.84 Å². The maximum absolute atomic E-state index is 11.0. The summed E-state index contributed by atoms with van der Waals surface area (Å²) in [5.74, 6) is -0.747. The molecule has 1 saturated heterocycles. The summed E-state index contributed by atoms with van der Waals surface area (Å²) in [4.78, 5) is 17.8. The number of fused-ring (bicyclic) bond motifs is 1. The topological polar surface area (TPSA) is 80.0 Å². The van der Waals surface area contributed by atoms with Crippen molar-refractivity contribution < 1.29 is 14.6 Å². The monoisotopic (exact) mass is 500 g/mol. The Bertz CT molecular complexity index is 1090. The second-order valence-corrected chi connectivity index (χ2v) is 9.07. The van der Waals surface area contributed by atoms with Crippen molar-refractivity contribution in [2.45, 2.75) is 45.6 Å². The number of hydrogen-bond acceptors (Lipinski definition) is 5. The molecule has 3 aromatic heterocycles. The largest absolute Gasteiger partial charge is 0.481 e. The van der Waals surface area contributed by atoms with Crippen LogP contribution < -0.4 is 0 Å². The molecule has 0 unspecified atom stereocenters. The standard InChI is InChI=1S/C24H29BrN4O3/c1-2-19-7-8-22-24(17-13-18(25)15-26-14-17)20(5-3-4-6-23(30)31)21(27-29(19)22)16-28-9-11-32-12-10-28/h7-8,13-15H,2-6,9-12,16H2,1H3,(H,30,31). The normalized spacial score (nSPS) is 14.8. The molecule has 0 aromatic carbocycles. The molecule has 1 aliphatic rings. The van der Waals surface area contributed by atoms with E-state index in [9.17, 15) is 4.79 Å². The second kappa shape index (κ2) is 10.6. The van der Waals surface area contributed by atoms with Gasteiger partial charge in [-0.25, -0.2) is 4.52 Å². The van der Waals surface area contributed by atoms with Crippen molar-refractivity contribution in [3.8, 4) is 11.1 Å².